The van der Waals surface area contributed by atoms with Crippen LogP contribution in [-0.2, 0) is 12.8 Å². The zero-order chi connectivity index (χ0) is 15.2. The molecule has 21 heavy (non-hydrogen) atoms. The summed E-state index contributed by atoms with van der Waals surface area (Å²) in [6, 6.07) is 11.7. The molecule has 2 aromatic carbocycles. The summed E-state index contributed by atoms with van der Waals surface area (Å²) in [7, 11) is 3.31. The van der Waals surface area contributed by atoms with E-state index in [4.69, 9.17) is 9.47 Å². The van der Waals surface area contributed by atoms with Crippen molar-refractivity contribution in [2.75, 3.05) is 20.5 Å². The number of thioether (sulfide) groups is 1. The highest BCUT2D eigenvalue weighted by Gasteiger charge is 2.05. The zero-order valence-electron chi connectivity index (χ0n) is 12.6. The SMILES string of the molecule is COc1cc(CCc2ccc(O)c(SC)c2)cc(OC)c1. The fourth-order valence-corrected chi connectivity index (χ4v) is 2.72. The zero-order valence-corrected chi connectivity index (χ0v) is 13.4. The van der Waals surface area contributed by atoms with Gasteiger partial charge in [0.25, 0.3) is 0 Å². The van der Waals surface area contributed by atoms with Crippen LogP contribution in [0.15, 0.2) is 41.3 Å². The molecule has 0 saturated carbocycles. The van der Waals surface area contributed by atoms with Gasteiger partial charge in [-0.25, -0.2) is 0 Å². The molecule has 0 saturated heterocycles. The van der Waals surface area contributed by atoms with Crippen LogP contribution in [0.2, 0.25) is 0 Å². The Morgan fingerprint density at radius 2 is 1.52 bits per heavy atom. The molecule has 0 spiro atoms. The third-order valence-electron chi connectivity index (χ3n) is 3.36. The Labute approximate surface area is 129 Å². The largest absolute Gasteiger partial charge is 0.507 e. The van der Waals surface area contributed by atoms with E-state index in [1.807, 2.05) is 36.6 Å². The predicted molar refractivity (Wildman–Crippen MR) is 86.8 cm³/mol. The first kappa shape index (κ1) is 15.6. The van der Waals surface area contributed by atoms with Crippen LogP contribution in [0.25, 0.3) is 0 Å². The molecule has 0 aliphatic rings. The first-order valence-electron chi connectivity index (χ1n) is 6.74. The van der Waals surface area contributed by atoms with E-state index in [2.05, 4.69) is 0 Å². The average molecular weight is 304 g/mol. The highest BCUT2D eigenvalue weighted by Crippen LogP contribution is 2.28. The Morgan fingerprint density at radius 3 is 2.10 bits per heavy atom. The standard InChI is InChI=1S/C17H20O3S/c1-19-14-8-13(9-15(11-14)20-2)5-4-12-6-7-16(18)17(10-12)21-3/h6-11,18H,4-5H2,1-3H3. The van der Waals surface area contributed by atoms with Crippen molar-refractivity contribution in [3.8, 4) is 17.2 Å². The van der Waals surface area contributed by atoms with E-state index < -0.39 is 0 Å². The van der Waals surface area contributed by atoms with Crippen LogP contribution in [0, 0.1) is 0 Å². The molecule has 0 amide bonds. The van der Waals surface area contributed by atoms with Crippen molar-refractivity contribution in [1.29, 1.82) is 0 Å². The van der Waals surface area contributed by atoms with Gasteiger partial charge in [0.1, 0.15) is 17.2 Å². The number of phenolic OH excluding ortho intramolecular Hbond substituents is 1. The Balaban J connectivity index is 2.12. The number of ether oxygens (including phenoxy) is 2. The Morgan fingerprint density at radius 1 is 0.905 bits per heavy atom. The fourth-order valence-electron chi connectivity index (χ4n) is 2.18. The van der Waals surface area contributed by atoms with Crippen molar-refractivity contribution in [2.24, 2.45) is 0 Å². The van der Waals surface area contributed by atoms with Gasteiger partial charge in [0.05, 0.1) is 14.2 Å². The van der Waals surface area contributed by atoms with E-state index in [9.17, 15) is 5.11 Å². The van der Waals surface area contributed by atoms with Crippen molar-refractivity contribution in [3.63, 3.8) is 0 Å². The monoisotopic (exact) mass is 304 g/mol. The quantitative estimate of drug-likeness (QED) is 0.821. The molecule has 0 bridgehead atoms. The molecule has 4 heteroatoms. The first-order chi connectivity index (χ1) is 10.2. The van der Waals surface area contributed by atoms with E-state index in [1.165, 1.54) is 11.1 Å². The second kappa shape index (κ2) is 7.27. The Hall–Kier alpha value is -1.81. The molecule has 0 radical (unpaired) electrons. The summed E-state index contributed by atoms with van der Waals surface area (Å²) >= 11 is 1.55. The van der Waals surface area contributed by atoms with Crippen LogP contribution in [0.4, 0.5) is 0 Å². The summed E-state index contributed by atoms with van der Waals surface area (Å²) in [6.45, 7) is 0. The highest BCUT2D eigenvalue weighted by atomic mass is 32.2. The fraction of sp³-hybridized carbons (Fsp3) is 0.294. The molecule has 112 valence electrons. The molecule has 0 aromatic heterocycles. The third kappa shape index (κ3) is 4.08. The molecule has 0 fully saturated rings. The normalized spacial score (nSPS) is 10.4. The maximum absolute atomic E-state index is 9.70. The summed E-state index contributed by atoms with van der Waals surface area (Å²) in [5, 5.41) is 9.70. The molecule has 0 unspecified atom stereocenters. The van der Waals surface area contributed by atoms with Gasteiger partial charge >= 0.3 is 0 Å². The maximum Gasteiger partial charge on any atom is 0.129 e. The number of benzene rings is 2. The molecule has 3 nitrogen and oxygen atoms in total. The molecule has 2 aromatic rings. The van der Waals surface area contributed by atoms with Gasteiger partial charge in [0, 0.05) is 11.0 Å². The second-order valence-electron chi connectivity index (χ2n) is 4.73. The van der Waals surface area contributed by atoms with Crippen LogP contribution in [-0.4, -0.2) is 25.6 Å². The van der Waals surface area contributed by atoms with E-state index in [0.29, 0.717) is 5.75 Å². The number of rotatable bonds is 6. The van der Waals surface area contributed by atoms with E-state index in [1.54, 1.807) is 32.0 Å². The molecule has 0 aliphatic carbocycles. The van der Waals surface area contributed by atoms with Crippen LogP contribution in [0.5, 0.6) is 17.2 Å². The number of aryl methyl sites for hydroxylation is 2. The molecule has 1 N–H and O–H groups in total. The summed E-state index contributed by atoms with van der Waals surface area (Å²) in [5.74, 6) is 1.95. The van der Waals surface area contributed by atoms with Gasteiger partial charge in [-0.05, 0) is 54.5 Å². The lowest BCUT2D eigenvalue weighted by Gasteiger charge is -2.09. The smallest absolute Gasteiger partial charge is 0.129 e. The molecular weight excluding hydrogens is 284 g/mol. The molecule has 0 heterocycles. The van der Waals surface area contributed by atoms with Crippen LogP contribution in [0.3, 0.4) is 0 Å². The van der Waals surface area contributed by atoms with Gasteiger partial charge in [0.2, 0.25) is 0 Å². The van der Waals surface area contributed by atoms with Crippen molar-refractivity contribution < 1.29 is 14.6 Å². The number of hydrogen-bond acceptors (Lipinski definition) is 4. The number of methoxy groups -OCH3 is 2. The highest BCUT2D eigenvalue weighted by molar-refractivity contribution is 7.98. The lowest BCUT2D eigenvalue weighted by atomic mass is 10.0. The van der Waals surface area contributed by atoms with Crippen LogP contribution >= 0.6 is 11.8 Å². The molecular formula is C17H20O3S. The van der Waals surface area contributed by atoms with Gasteiger partial charge < -0.3 is 14.6 Å². The van der Waals surface area contributed by atoms with E-state index in [-0.39, 0.29) is 0 Å². The minimum absolute atomic E-state index is 0.342. The first-order valence-corrected chi connectivity index (χ1v) is 7.96. The second-order valence-corrected chi connectivity index (χ2v) is 5.58. The van der Waals surface area contributed by atoms with Gasteiger partial charge in [0.15, 0.2) is 0 Å². The Kier molecular flexibility index (Phi) is 5.39. The summed E-state index contributed by atoms with van der Waals surface area (Å²) < 4.78 is 10.6. The topological polar surface area (TPSA) is 38.7 Å². The maximum atomic E-state index is 9.70. The minimum Gasteiger partial charge on any atom is -0.507 e. The number of phenols is 1. The van der Waals surface area contributed by atoms with Crippen molar-refractivity contribution in [3.05, 3.63) is 47.5 Å². The molecule has 0 aliphatic heterocycles. The third-order valence-corrected chi connectivity index (χ3v) is 4.12. The van der Waals surface area contributed by atoms with E-state index in [0.717, 1.165) is 29.2 Å². The van der Waals surface area contributed by atoms with Gasteiger partial charge in [-0.1, -0.05) is 6.07 Å². The van der Waals surface area contributed by atoms with Crippen molar-refractivity contribution in [2.45, 2.75) is 17.7 Å². The molecule has 0 atom stereocenters. The van der Waals surface area contributed by atoms with Gasteiger partial charge in [-0.15, -0.1) is 11.8 Å². The van der Waals surface area contributed by atoms with Crippen LogP contribution < -0.4 is 9.47 Å². The number of hydrogen-bond donors (Lipinski definition) is 1. The van der Waals surface area contributed by atoms with Gasteiger partial charge in [-0.3, -0.25) is 0 Å². The predicted octanol–water partition coefficient (Wildman–Crippen LogP) is 3.92. The summed E-state index contributed by atoms with van der Waals surface area (Å²) in [4.78, 5) is 0.913. The molecule has 2 rings (SSSR count). The minimum atomic E-state index is 0.342. The Bertz CT molecular complexity index is 589. The van der Waals surface area contributed by atoms with Gasteiger partial charge in [-0.2, -0.15) is 0 Å². The van der Waals surface area contributed by atoms with Crippen molar-refractivity contribution in [1.82, 2.24) is 0 Å². The summed E-state index contributed by atoms with van der Waals surface area (Å²) in [5.41, 5.74) is 2.38. The van der Waals surface area contributed by atoms with Crippen LogP contribution in [0.1, 0.15) is 11.1 Å². The van der Waals surface area contributed by atoms with Crippen molar-refractivity contribution >= 4 is 11.8 Å². The summed E-state index contributed by atoms with van der Waals surface area (Å²) in [6.07, 6.45) is 3.77. The lowest BCUT2D eigenvalue weighted by Crippen LogP contribution is -1.95. The number of aromatic hydroxyl groups is 1. The lowest BCUT2D eigenvalue weighted by molar-refractivity contribution is 0.393. The average Bonchev–Trinajstić information content (AvgIpc) is 2.53. The van der Waals surface area contributed by atoms with E-state index >= 15 is 0 Å².